The Labute approximate surface area is 159 Å². The number of piperazine rings is 1. The number of carbonyl (C=O) groups is 1. The molecule has 0 bridgehead atoms. The predicted octanol–water partition coefficient (Wildman–Crippen LogP) is 2.07. The van der Waals surface area contributed by atoms with Gasteiger partial charge in [-0.3, -0.25) is 4.98 Å². The minimum absolute atomic E-state index is 0.0693. The highest BCUT2D eigenvalue weighted by Gasteiger charge is 2.24. The molecular formula is C18H16N6O2S. The molecular weight excluding hydrogens is 364 g/mol. The molecule has 4 heterocycles. The van der Waals surface area contributed by atoms with Crippen molar-refractivity contribution < 1.29 is 9.53 Å². The number of pyridine rings is 1. The van der Waals surface area contributed by atoms with E-state index in [0.29, 0.717) is 18.7 Å². The van der Waals surface area contributed by atoms with Gasteiger partial charge in [0.15, 0.2) is 5.82 Å². The molecule has 27 heavy (non-hydrogen) atoms. The largest absolute Gasteiger partial charge is 0.463 e. The highest BCUT2D eigenvalue weighted by Crippen LogP contribution is 2.30. The number of nitrogens with zero attached hydrogens (tertiary/aromatic N) is 6. The molecule has 0 atom stereocenters. The van der Waals surface area contributed by atoms with Gasteiger partial charge in [-0.2, -0.15) is 5.26 Å². The first-order valence-corrected chi connectivity index (χ1v) is 9.27. The Morgan fingerprint density at radius 1 is 1.22 bits per heavy atom. The Morgan fingerprint density at radius 3 is 2.74 bits per heavy atom. The maximum atomic E-state index is 11.9. The van der Waals surface area contributed by atoms with Crippen molar-refractivity contribution in [3.8, 4) is 6.07 Å². The fourth-order valence-corrected chi connectivity index (χ4v) is 3.98. The molecule has 0 aliphatic carbocycles. The first kappa shape index (κ1) is 17.2. The van der Waals surface area contributed by atoms with Crippen molar-refractivity contribution in [2.45, 2.75) is 0 Å². The monoisotopic (exact) mass is 380 g/mol. The lowest BCUT2D eigenvalue weighted by Gasteiger charge is -2.37. The van der Waals surface area contributed by atoms with E-state index in [1.807, 2.05) is 11.4 Å². The summed E-state index contributed by atoms with van der Waals surface area (Å²) in [5.41, 5.74) is 2.21. The predicted molar refractivity (Wildman–Crippen MR) is 102 cm³/mol. The van der Waals surface area contributed by atoms with Crippen molar-refractivity contribution in [1.29, 1.82) is 5.26 Å². The molecule has 0 aromatic carbocycles. The molecule has 9 heteroatoms. The lowest BCUT2D eigenvalue weighted by molar-refractivity contribution is 0.0587. The number of ether oxygens (including phenoxy) is 1. The van der Waals surface area contributed by atoms with Gasteiger partial charge >= 0.3 is 5.97 Å². The van der Waals surface area contributed by atoms with Crippen LogP contribution in [0.4, 0.5) is 11.5 Å². The van der Waals surface area contributed by atoms with Crippen molar-refractivity contribution in [2.24, 2.45) is 0 Å². The Morgan fingerprint density at radius 2 is 2.00 bits per heavy atom. The summed E-state index contributed by atoms with van der Waals surface area (Å²) >= 11 is 1.55. The zero-order valence-corrected chi connectivity index (χ0v) is 15.4. The molecule has 3 aromatic rings. The van der Waals surface area contributed by atoms with Gasteiger partial charge in [-0.05, 0) is 17.5 Å². The van der Waals surface area contributed by atoms with Gasteiger partial charge < -0.3 is 14.5 Å². The van der Waals surface area contributed by atoms with Crippen LogP contribution in [0.1, 0.15) is 16.2 Å². The van der Waals surface area contributed by atoms with E-state index in [2.05, 4.69) is 30.8 Å². The lowest BCUT2D eigenvalue weighted by atomic mass is 10.2. The van der Waals surface area contributed by atoms with Crippen LogP contribution in [0.15, 0.2) is 29.9 Å². The van der Waals surface area contributed by atoms with Crippen molar-refractivity contribution >= 4 is 39.0 Å². The summed E-state index contributed by atoms with van der Waals surface area (Å²) in [4.78, 5) is 29.1. The second-order valence-electron chi connectivity index (χ2n) is 5.98. The van der Waals surface area contributed by atoms with Gasteiger partial charge in [0.2, 0.25) is 5.82 Å². The Kier molecular flexibility index (Phi) is 4.56. The third-order valence-electron chi connectivity index (χ3n) is 4.49. The highest BCUT2D eigenvalue weighted by molar-refractivity contribution is 7.17. The van der Waals surface area contributed by atoms with Crippen LogP contribution in [-0.2, 0) is 4.74 Å². The molecule has 0 unspecified atom stereocenters. The van der Waals surface area contributed by atoms with Gasteiger partial charge in [-0.1, -0.05) is 0 Å². The van der Waals surface area contributed by atoms with E-state index in [-0.39, 0.29) is 5.82 Å². The Hall–Kier alpha value is -3.25. The third-order valence-corrected chi connectivity index (χ3v) is 5.39. The number of methoxy groups -OCH3 is 1. The average Bonchev–Trinajstić information content (AvgIpc) is 3.21. The zero-order chi connectivity index (χ0) is 18.8. The normalized spacial score (nSPS) is 14.2. The van der Waals surface area contributed by atoms with Gasteiger partial charge in [0.05, 0.1) is 34.8 Å². The minimum Gasteiger partial charge on any atom is -0.463 e. The van der Waals surface area contributed by atoms with Crippen LogP contribution < -0.4 is 9.80 Å². The summed E-state index contributed by atoms with van der Waals surface area (Å²) in [7, 11) is 1.32. The standard InChI is InChI=1S/C18H16N6O2S/c1-26-18(25)16-21-13-3-9-27-15(13)17(22-16)24-7-5-23(6-8-24)14-11-20-4-2-12(14)10-19/h2-4,9,11H,5-8H2,1H3. The average molecular weight is 380 g/mol. The molecule has 0 spiro atoms. The number of fused-ring (bicyclic) bond motifs is 1. The molecule has 1 saturated heterocycles. The van der Waals surface area contributed by atoms with Crippen molar-refractivity contribution in [3.63, 3.8) is 0 Å². The fourth-order valence-electron chi connectivity index (χ4n) is 3.14. The number of carbonyl (C=O) groups excluding carboxylic acids is 1. The second kappa shape index (κ2) is 7.17. The SMILES string of the molecule is COC(=O)c1nc(N2CCN(c3cnccc3C#N)CC2)c2sccc2n1. The van der Waals surface area contributed by atoms with Crippen LogP contribution in [0.2, 0.25) is 0 Å². The lowest BCUT2D eigenvalue weighted by Crippen LogP contribution is -2.47. The van der Waals surface area contributed by atoms with Crippen LogP contribution in [0.25, 0.3) is 10.2 Å². The number of aromatic nitrogens is 3. The molecule has 8 nitrogen and oxygen atoms in total. The molecule has 0 radical (unpaired) electrons. The third kappa shape index (κ3) is 3.15. The summed E-state index contributed by atoms with van der Waals surface area (Å²) in [6.45, 7) is 2.88. The van der Waals surface area contributed by atoms with Crippen molar-refractivity contribution in [1.82, 2.24) is 15.0 Å². The number of rotatable bonds is 3. The van der Waals surface area contributed by atoms with Crippen molar-refractivity contribution in [3.05, 3.63) is 41.3 Å². The molecule has 136 valence electrons. The molecule has 1 aliphatic heterocycles. The Bertz CT molecular complexity index is 1040. The first-order valence-electron chi connectivity index (χ1n) is 8.39. The van der Waals surface area contributed by atoms with E-state index in [1.165, 1.54) is 7.11 Å². The minimum atomic E-state index is -0.544. The number of hydrogen-bond acceptors (Lipinski definition) is 9. The summed E-state index contributed by atoms with van der Waals surface area (Å²) in [5, 5.41) is 11.2. The van der Waals surface area contributed by atoms with Crippen molar-refractivity contribution in [2.75, 3.05) is 43.1 Å². The van der Waals surface area contributed by atoms with E-state index >= 15 is 0 Å². The zero-order valence-electron chi connectivity index (χ0n) is 14.6. The van der Waals surface area contributed by atoms with Gasteiger partial charge in [0, 0.05) is 32.4 Å². The summed E-state index contributed by atoms with van der Waals surface area (Å²) < 4.78 is 5.73. The quantitative estimate of drug-likeness (QED) is 0.637. The molecule has 3 aromatic heterocycles. The Balaban J connectivity index is 1.61. The molecule has 0 saturated carbocycles. The molecule has 0 amide bonds. The van der Waals surface area contributed by atoms with Crippen LogP contribution in [0.3, 0.4) is 0 Å². The summed E-state index contributed by atoms with van der Waals surface area (Å²) in [6, 6.07) is 5.82. The van der Waals surface area contributed by atoms with Gasteiger partial charge in [-0.25, -0.2) is 14.8 Å². The van der Waals surface area contributed by atoms with E-state index in [1.54, 1.807) is 29.8 Å². The van der Waals surface area contributed by atoms with Crippen LogP contribution in [0.5, 0.6) is 0 Å². The van der Waals surface area contributed by atoms with Gasteiger partial charge in [-0.15, -0.1) is 11.3 Å². The topological polar surface area (TPSA) is 95.2 Å². The molecule has 4 rings (SSSR count). The molecule has 0 N–H and O–H groups in total. The van der Waals surface area contributed by atoms with E-state index in [4.69, 9.17) is 4.74 Å². The number of anilines is 2. The number of nitriles is 1. The maximum Gasteiger partial charge on any atom is 0.376 e. The van der Waals surface area contributed by atoms with Crippen LogP contribution in [0, 0.1) is 11.3 Å². The summed E-state index contributed by atoms with van der Waals surface area (Å²) in [5.74, 6) is 0.276. The van der Waals surface area contributed by atoms with Gasteiger partial charge in [0.1, 0.15) is 6.07 Å². The number of thiophene rings is 1. The number of hydrogen-bond donors (Lipinski definition) is 0. The molecule has 1 fully saturated rings. The second-order valence-corrected chi connectivity index (χ2v) is 6.89. The molecule has 1 aliphatic rings. The highest BCUT2D eigenvalue weighted by atomic mass is 32.1. The van der Waals surface area contributed by atoms with E-state index in [9.17, 15) is 10.1 Å². The number of esters is 1. The van der Waals surface area contributed by atoms with E-state index in [0.717, 1.165) is 34.8 Å². The van der Waals surface area contributed by atoms with E-state index < -0.39 is 5.97 Å². The fraction of sp³-hybridized carbons (Fsp3) is 0.278. The van der Waals surface area contributed by atoms with Gasteiger partial charge in [0.25, 0.3) is 0 Å². The first-order chi connectivity index (χ1) is 13.2. The van der Waals surface area contributed by atoms with Crippen LogP contribution >= 0.6 is 11.3 Å². The summed E-state index contributed by atoms with van der Waals surface area (Å²) in [6.07, 6.45) is 3.35. The van der Waals surface area contributed by atoms with Crippen LogP contribution in [-0.4, -0.2) is 54.2 Å². The smallest absolute Gasteiger partial charge is 0.376 e. The maximum absolute atomic E-state index is 11.9.